The quantitative estimate of drug-likeness (QED) is 0.797. The summed E-state index contributed by atoms with van der Waals surface area (Å²) < 4.78 is 0. The first-order valence-corrected chi connectivity index (χ1v) is 6.11. The average Bonchev–Trinajstić information content (AvgIpc) is 2.32. The van der Waals surface area contributed by atoms with Crippen LogP contribution in [0.5, 0.6) is 0 Å². The summed E-state index contributed by atoms with van der Waals surface area (Å²) in [6.45, 7) is 6.59. The van der Waals surface area contributed by atoms with Crippen LogP contribution in [0.2, 0.25) is 0 Å². The molecule has 2 N–H and O–H groups in total. The van der Waals surface area contributed by atoms with E-state index in [9.17, 15) is 5.11 Å². The van der Waals surface area contributed by atoms with Crippen LogP contribution in [0.3, 0.4) is 0 Å². The lowest BCUT2D eigenvalue weighted by Gasteiger charge is -2.31. The van der Waals surface area contributed by atoms with Gasteiger partial charge in [-0.15, -0.1) is 0 Å². The van der Waals surface area contributed by atoms with Crippen LogP contribution in [0.4, 0.5) is 0 Å². The highest BCUT2D eigenvalue weighted by Gasteiger charge is 2.25. The zero-order valence-electron chi connectivity index (χ0n) is 10.2. The van der Waals surface area contributed by atoms with E-state index in [0.29, 0.717) is 11.8 Å². The van der Waals surface area contributed by atoms with Crippen molar-refractivity contribution in [3.8, 4) is 0 Å². The Kier molecular flexibility index (Phi) is 3.62. The van der Waals surface area contributed by atoms with Crippen molar-refractivity contribution in [1.29, 1.82) is 0 Å². The molecule has 0 bridgehead atoms. The smallest absolute Gasteiger partial charge is 0.0477 e. The van der Waals surface area contributed by atoms with Crippen LogP contribution in [0.25, 0.3) is 0 Å². The normalized spacial score (nSPS) is 25.7. The largest absolute Gasteiger partial charge is 0.396 e. The molecule has 1 aromatic carbocycles. The number of benzene rings is 1. The van der Waals surface area contributed by atoms with Crippen molar-refractivity contribution in [1.82, 2.24) is 5.32 Å². The molecule has 2 rings (SSSR count). The lowest BCUT2D eigenvalue weighted by Crippen LogP contribution is -2.37. The summed E-state index contributed by atoms with van der Waals surface area (Å²) in [5.74, 6) is 0.890. The molecule has 1 aliphatic rings. The van der Waals surface area contributed by atoms with Gasteiger partial charge in [-0.1, -0.05) is 18.2 Å². The lowest BCUT2D eigenvalue weighted by atomic mass is 9.81. The zero-order chi connectivity index (χ0) is 11.5. The van der Waals surface area contributed by atoms with Crippen molar-refractivity contribution in [2.24, 2.45) is 5.92 Å². The van der Waals surface area contributed by atoms with Crippen LogP contribution in [-0.4, -0.2) is 24.8 Å². The summed E-state index contributed by atoms with van der Waals surface area (Å²) in [4.78, 5) is 0. The van der Waals surface area contributed by atoms with Gasteiger partial charge in [-0.25, -0.2) is 0 Å². The first kappa shape index (κ1) is 11.6. The van der Waals surface area contributed by atoms with Crippen LogP contribution in [0.1, 0.15) is 29.0 Å². The molecule has 2 unspecified atom stereocenters. The highest BCUT2D eigenvalue weighted by Crippen LogP contribution is 2.30. The fourth-order valence-corrected chi connectivity index (χ4v) is 2.55. The van der Waals surface area contributed by atoms with Crippen LogP contribution in [0, 0.1) is 19.8 Å². The van der Waals surface area contributed by atoms with Gasteiger partial charge < -0.3 is 10.4 Å². The fourth-order valence-electron chi connectivity index (χ4n) is 2.55. The molecule has 1 saturated heterocycles. The van der Waals surface area contributed by atoms with E-state index in [2.05, 4.69) is 37.4 Å². The summed E-state index contributed by atoms with van der Waals surface area (Å²) in [7, 11) is 0. The Morgan fingerprint density at radius 2 is 2.12 bits per heavy atom. The Hall–Kier alpha value is -0.860. The average molecular weight is 219 g/mol. The van der Waals surface area contributed by atoms with E-state index in [4.69, 9.17) is 0 Å². The number of rotatable bonds is 2. The number of piperidine rings is 1. The predicted octanol–water partition coefficient (Wildman–Crippen LogP) is 1.99. The molecule has 0 radical (unpaired) electrons. The molecule has 0 aromatic heterocycles. The Morgan fingerprint density at radius 1 is 1.31 bits per heavy atom. The van der Waals surface area contributed by atoms with Gasteiger partial charge in [0, 0.05) is 19.1 Å². The first-order chi connectivity index (χ1) is 7.72. The van der Waals surface area contributed by atoms with E-state index >= 15 is 0 Å². The molecule has 2 heteroatoms. The molecule has 88 valence electrons. The summed E-state index contributed by atoms with van der Waals surface area (Å²) >= 11 is 0. The number of nitrogens with one attached hydrogen (secondary N) is 1. The molecular formula is C14H21NO. The van der Waals surface area contributed by atoms with Crippen molar-refractivity contribution in [2.45, 2.75) is 26.2 Å². The number of aliphatic hydroxyl groups excluding tert-OH is 1. The van der Waals surface area contributed by atoms with Gasteiger partial charge in [0.25, 0.3) is 0 Å². The molecule has 0 aliphatic carbocycles. The van der Waals surface area contributed by atoms with Gasteiger partial charge in [-0.05, 0) is 49.4 Å². The van der Waals surface area contributed by atoms with Crippen LogP contribution in [0.15, 0.2) is 18.2 Å². The van der Waals surface area contributed by atoms with E-state index in [-0.39, 0.29) is 6.61 Å². The third-order valence-corrected chi connectivity index (χ3v) is 3.80. The molecule has 2 nitrogen and oxygen atoms in total. The third kappa shape index (κ3) is 2.28. The Morgan fingerprint density at radius 3 is 2.81 bits per heavy atom. The highest BCUT2D eigenvalue weighted by atomic mass is 16.3. The minimum Gasteiger partial charge on any atom is -0.396 e. The SMILES string of the molecule is Cc1ccc(C2CCNCC2CO)cc1C. The summed E-state index contributed by atoms with van der Waals surface area (Å²) in [6, 6.07) is 6.70. The standard InChI is InChI=1S/C14H21NO/c1-10-3-4-12(7-11(10)2)14-5-6-15-8-13(14)9-16/h3-4,7,13-16H,5-6,8-9H2,1-2H3. The maximum atomic E-state index is 9.41. The number of aryl methyl sites for hydroxylation is 2. The Bertz CT molecular complexity index is 362. The van der Waals surface area contributed by atoms with E-state index in [1.54, 1.807) is 0 Å². The van der Waals surface area contributed by atoms with Gasteiger partial charge in [0.05, 0.1) is 0 Å². The van der Waals surface area contributed by atoms with Crippen molar-refractivity contribution < 1.29 is 5.11 Å². The van der Waals surface area contributed by atoms with E-state index in [1.807, 2.05) is 0 Å². The fraction of sp³-hybridized carbons (Fsp3) is 0.571. The maximum Gasteiger partial charge on any atom is 0.0477 e. The van der Waals surface area contributed by atoms with E-state index in [0.717, 1.165) is 19.5 Å². The lowest BCUT2D eigenvalue weighted by molar-refractivity contribution is 0.179. The number of aliphatic hydroxyl groups is 1. The van der Waals surface area contributed by atoms with Gasteiger partial charge >= 0.3 is 0 Å². The van der Waals surface area contributed by atoms with Gasteiger partial charge in [0.15, 0.2) is 0 Å². The predicted molar refractivity (Wildman–Crippen MR) is 66.7 cm³/mol. The molecule has 1 heterocycles. The minimum absolute atomic E-state index is 0.282. The summed E-state index contributed by atoms with van der Waals surface area (Å²) in [6.07, 6.45) is 1.13. The Labute approximate surface area is 97.7 Å². The van der Waals surface area contributed by atoms with Crippen molar-refractivity contribution >= 4 is 0 Å². The molecule has 1 aromatic rings. The molecule has 16 heavy (non-hydrogen) atoms. The first-order valence-electron chi connectivity index (χ1n) is 6.11. The Balaban J connectivity index is 2.23. The van der Waals surface area contributed by atoms with Gasteiger partial charge in [-0.3, -0.25) is 0 Å². The van der Waals surface area contributed by atoms with Crippen LogP contribution < -0.4 is 5.32 Å². The molecule has 1 aliphatic heterocycles. The van der Waals surface area contributed by atoms with Crippen molar-refractivity contribution in [3.63, 3.8) is 0 Å². The number of hydrogen-bond acceptors (Lipinski definition) is 2. The number of hydrogen-bond donors (Lipinski definition) is 2. The summed E-state index contributed by atoms with van der Waals surface area (Å²) in [5, 5.41) is 12.8. The molecular weight excluding hydrogens is 198 g/mol. The van der Waals surface area contributed by atoms with Crippen LogP contribution in [-0.2, 0) is 0 Å². The molecule has 1 fully saturated rings. The highest BCUT2D eigenvalue weighted by molar-refractivity contribution is 5.32. The second-order valence-corrected chi connectivity index (χ2v) is 4.89. The van der Waals surface area contributed by atoms with Gasteiger partial charge in [0.1, 0.15) is 0 Å². The van der Waals surface area contributed by atoms with E-state index in [1.165, 1.54) is 16.7 Å². The van der Waals surface area contributed by atoms with Gasteiger partial charge in [-0.2, -0.15) is 0 Å². The second-order valence-electron chi connectivity index (χ2n) is 4.89. The molecule has 0 amide bonds. The summed E-state index contributed by atoms with van der Waals surface area (Å²) in [5.41, 5.74) is 4.09. The van der Waals surface area contributed by atoms with Gasteiger partial charge in [0.2, 0.25) is 0 Å². The molecule has 0 saturated carbocycles. The van der Waals surface area contributed by atoms with Crippen molar-refractivity contribution in [2.75, 3.05) is 19.7 Å². The molecule has 0 spiro atoms. The second kappa shape index (κ2) is 4.98. The van der Waals surface area contributed by atoms with Crippen molar-refractivity contribution in [3.05, 3.63) is 34.9 Å². The minimum atomic E-state index is 0.282. The van der Waals surface area contributed by atoms with Crippen LogP contribution >= 0.6 is 0 Å². The zero-order valence-corrected chi connectivity index (χ0v) is 10.2. The molecule has 2 atom stereocenters. The topological polar surface area (TPSA) is 32.3 Å². The third-order valence-electron chi connectivity index (χ3n) is 3.80. The maximum absolute atomic E-state index is 9.41. The monoisotopic (exact) mass is 219 g/mol. The van der Waals surface area contributed by atoms with E-state index < -0.39 is 0 Å².